The van der Waals surface area contributed by atoms with Gasteiger partial charge in [0.25, 0.3) is 0 Å². The monoisotopic (exact) mass is 591 g/mol. The van der Waals surface area contributed by atoms with Crippen LogP contribution in [0.5, 0.6) is 5.75 Å². The summed E-state index contributed by atoms with van der Waals surface area (Å²) < 4.78 is 72.8. The molecule has 1 N–H and O–H groups in total. The van der Waals surface area contributed by atoms with Crippen LogP contribution in [0.3, 0.4) is 0 Å². The van der Waals surface area contributed by atoms with Crippen LogP contribution in [0.1, 0.15) is 50.1 Å². The maximum Gasteiger partial charge on any atom is 0.407 e. The average Bonchev–Trinajstić information content (AvgIpc) is 3.22. The SMILES string of the molecule is COc1ccc2c(c1)c1c(n2S(C)(=O)=O)CCN([C@H]2CO[C@H](c3cc(F)ccc3F)[C@@H](NC(=O)OC(C)(C)C)C2)C1. The Balaban J connectivity index is 1.46. The first-order valence-corrected chi connectivity index (χ1v) is 15.3. The number of ether oxygens (including phenoxy) is 3. The third-order valence-corrected chi connectivity index (χ3v) is 8.59. The summed E-state index contributed by atoms with van der Waals surface area (Å²) in [5.41, 5.74) is 1.47. The molecule has 5 rings (SSSR count). The fourth-order valence-corrected chi connectivity index (χ4v) is 6.96. The molecule has 2 aliphatic heterocycles. The predicted molar refractivity (Wildman–Crippen MR) is 149 cm³/mol. The summed E-state index contributed by atoms with van der Waals surface area (Å²) in [7, 11) is -2.01. The van der Waals surface area contributed by atoms with Gasteiger partial charge < -0.3 is 19.5 Å². The summed E-state index contributed by atoms with van der Waals surface area (Å²) in [5, 5.41) is 3.61. The molecule has 222 valence electrons. The maximum atomic E-state index is 14.8. The first-order valence-electron chi connectivity index (χ1n) is 13.5. The van der Waals surface area contributed by atoms with Crippen LogP contribution >= 0.6 is 0 Å². The van der Waals surface area contributed by atoms with Crippen LogP contribution in [0.15, 0.2) is 36.4 Å². The van der Waals surface area contributed by atoms with E-state index in [0.29, 0.717) is 37.2 Å². The van der Waals surface area contributed by atoms with Crippen LogP contribution in [0.4, 0.5) is 13.6 Å². The molecule has 2 aromatic carbocycles. The highest BCUT2D eigenvalue weighted by Crippen LogP contribution is 2.38. The highest BCUT2D eigenvalue weighted by molar-refractivity contribution is 7.89. The lowest BCUT2D eigenvalue weighted by molar-refractivity contribution is -0.0641. The number of carbonyl (C=O) groups is 1. The highest BCUT2D eigenvalue weighted by atomic mass is 32.2. The van der Waals surface area contributed by atoms with Gasteiger partial charge in [-0.15, -0.1) is 0 Å². The summed E-state index contributed by atoms with van der Waals surface area (Å²) in [6.45, 7) is 6.41. The Hall–Kier alpha value is -3.22. The Kier molecular flexibility index (Phi) is 7.77. The van der Waals surface area contributed by atoms with E-state index in [0.717, 1.165) is 34.8 Å². The number of rotatable bonds is 5. The lowest BCUT2D eigenvalue weighted by Crippen LogP contribution is -2.53. The highest BCUT2D eigenvalue weighted by Gasteiger charge is 2.40. The van der Waals surface area contributed by atoms with E-state index in [1.54, 1.807) is 40.0 Å². The van der Waals surface area contributed by atoms with Gasteiger partial charge in [-0.1, -0.05) is 0 Å². The minimum absolute atomic E-state index is 0.0220. The summed E-state index contributed by atoms with van der Waals surface area (Å²) >= 11 is 0. The Labute approximate surface area is 238 Å². The van der Waals surface area contributed by atoms with E-state index in [-0.39, 0.29) is 18.2 Å². The summed E-state index contributed by atoms with van der Waals surface area (Å²) in [6, 6.07) is 7.59. The fraction of sp³-hybridized carbons (Fsp3) is 0.483. The van der Waals surface area contributed by atoms with E-state index >= 15 is 0 Å². The van der Waals surface area contributed by atoms with Gasteiger partial charge in [0.2, 0.25) is 10.0 Å². The summed E-state index contributed by atoms with van der Waals surface area (Å²) in [6.07, 6.45) is 0.436. The predicted octanol–water partition coefficient (Wildman–Crippen LogP) is 4.52. The lowest BCUT2D eigenvalue weighted by atomic mass is 9.91. The van der Waals surface area contributed by atoms with Gasteiger partial charge >= 0.3 is 6.09 Å². The van der Waals surface area contributed by atoms with Crippen molar-refractivity contribution in [2.45, 2.75) is 63.9 Å². The molecule has 0 unspecified atom stereocenters. The molecule has 1 fully saturated rings. The fourth-order valence-electron chi connectivity index (χ4n) is 5.84. The molecule has 0 saturated carbocycles. The molecule has 0 spiro atoms. The first kappa shape index (κ1) is 29.3. The molecule has 0 aliphatic carbocycles. The van der Waals surface area contributed by atoms with Gasteiger partial charge in [-0.2, -0.15) is 0 Å². The van der Waals surface area contributed by atoms with Crippen molar-refractivity contribution in [1.82, 2.24) is 14.2 Å². The minimum atomic E-state index is -3.57. The molecule has 12 heteroatoms. The Morgan fingerprint density at radius 2 is 1.90 bits per heavy atom. The number of amides is 1. The molecule has 0 bridgehead atoms. The van der Waals surface area contributed by atoms with Crippen LogP contribution in [0.25, 0.3) is 10.9 Å². The molecule has 1 aromatic heterocycles. The zero-order valence-corrected chi connectivity index (χ0v) is 24.6. The number of fused-ring (bicyclic) bond motifs is 3. The van der Waals surface area contributed by atoms with Gasteiger partial charge in [0.1, 0.15) is 29.1 Å². The van der Waals surface area contributed by atoms with Crippen LogP contribution in [0, 0.1) is 11.6 Å². The van der Waals surface area contributed by atoms with Gasteiger partial charge in [-0.05, 0) is 69.2 Å². The van der Waals surface area contributed by atoms with Gasteiger partial charge in [0, 0.05) is 42.2 Å². The smallest absolute Gasteiger partial charge is 0.407 e. The van der Waals surface area contributed by atoms with Crippen molar-refractivity contribution in [3.05, 3.63) is 64.9 Å². The van der Waals surface area contributed by atoms with Crippen LogP contribution in [0.2, 0.25) is 0 Å². The second-order valence-electron chi connectivity index (χ2n) is 11.6. The van der Waals surface area contributed by atoms with Crippen LogP contribution in [-0.2, 0) is 32.5 Å². The molecule has 1 amide bonds. The van der Waals surface area contributed by atoms with Gasteiger partial charge in [0.15, 0.2) is 0 Å². The molecule has 3 aromatic rings. The Bertz CT molecular complexity index is 1580. The van der Waals surface area contributed by atoms with E-state index < -0.39 is 45.5 Å². The van der Waals surface area contributed by atoms with E-state index in [9.17, 15) is 22.0 Å². The lowest BCUT2D eigenvalue weighted by Gasteiger charge is -2.43. The van der Waals surface area contributed by atoms with Crippen molar-refractivity contribution in [1.29, 1.82) is 0 Å². The third-order valence-electron chi connectivity index (χ3n) is 7.51. The van der Waals surface area contributed by atoms with Crippen molar-refractivity contribution in [2.24, 2.45) is 0 Å². The number of nitrogens with zero attached hydrogens (tertiary/aromatic N) is 2. The van der Waals surface area contributed by atoms with Crippen LogP contribution < -0.4 is 10.1 Å². The topological polar surface area (TPSA) is 99.1 Å². The van der Waals surface area contributed by atoms with Crippen molar-refractivity contribution < 1.29 is 36.2 Å². The molecular weight excluding hydrogens is 556 g/mol. The number of hydrogen-bond donors (Lipinski definition) is 1. The molecular formula is C29H35F2N3O6S. The number of benzene rings is 2. The average molecular weight is 592 g/mol. The van der Waals surface area contributed by atoms with Gasteiger partial charge in [0.05, 0.1) is 31.5 Å². The summed E-state index contributed by atoms with van der Waals surface area (Å²) in [4.78, 5) is 14.9. The first-order chi connectivity index (χ1) is 19.2. The second-order valence-corrected chi connectivity index (χ2v) is 13.4. The largest absolute Gasteiger partial charge is 0.497 e. The molecule has 9 nitrogen and oxygen atoms in total. The van der Waals surface area contributed by atoms with Crippen molar-refractivity contribution in [2.75, 3.05) is 26.5 Å². The minimum Gasteiger partial charge on any atom is -0.497 e. The standard InChI is InChI=1S/C29H35F2N3O6S/c1-29(2,3)40-28(35)32-24-13-18(16-39-27(24)21-12-17(30)6-8-23(21)31)33-11-10-26-22(15-33)20-14-19(38-4)7-9-25(20)34(26)41(5,36)37/h6-9,12,14,18,24,27H,10-11,13,15-16H2,1-5H3,(H,32,35)/t18-,24+,27-/m1/s1. The van der Waals surface area contributed by atoms with Crippen molar-refractivity contribution >= 4 is 27.0 Å². The number of nitrogens with one attached hydrogen (secondary N) is 1. The molecule has 2 aliphatic rings. The second kappa shape index (κ2) is 10.9. The number of hydrogen-bond acceptors (Lipinski definition) is 7. The Morgan fingerprint density at radius 3 is 2.59 bits per heavy atom. The van der Waals surface area contributed by atoms with Gasteiger partial charge in [-0.3, -0.25) is 4.90 Å². The zero-order chi connectivity index (χ0) is 29.7. The maximum absolute atomic E-state index is 14.8. The van der Waals surface area contributed by atoms with Crippen molar-refractivity contribution in [3.8, 4) is 5.75 Å². The molecule has 41 heavy (non-hydrogen) atoms. The van der Waals surface area contributed by atoms with Crippen LogP contribution in [-0.4, -0.2) is 67.6 Å². The van der Waals surface area contributed by atoms with Crippen molar-refractivity contribution in [3.63, 3.8) is 0 Å². The van der Waals surface area contributed by atoms with E-state index in [1.807, 2.05) is 6.07 Å². The zero-order valence-electron chi connectivity index (χ0n) is 23.7. The molecule has 3 atom stereocenters. The van der Waals surface area contributed by atoms with Gasteiger partial charge in [-0.25, -0.2) is 26.0 Å². The van der Waals surface area contributed by atoms with E-state index in [4.69, 9.17) is 14.2 Å². The normalized spacial score (nSPS) is 21.9. The molecule has 0 radical (unpaired) electrons. The number of alkyl carbamates (subject to hydrolysis) is 1. The number of carbonyl (C=O) groups excluding carboxylic acids is 1. The molecule has 1 saturated heterocycles. The van der Waals surface area contributed by atoms with E-state index in [2.05, 4.69) is 10.2 Å². The Morgan fingerprint density at radius 1 is 1.15 bits per heavy atom. The third kappa shape index (κ3) is 6.05. The quantitative estimate of drug-likeness (QED) is 0.466. The summed E-state index contributed by atoms with van der Waals surface area (Å²) in [5.74, 6) is -0.619. The molecule has 3 heterocycles. The number of aromatic nitrogens is 1. The van der Waals surface area contributed by atoms with E-state index in [1.165, 1.54) is 10.2 Å². The number of halogens is 2. The number of methoxy groups -OCH3 is 1.